The highest BCUT2D eigenvalue weighted by Gasteiger charge is 2.10. The van der Waals surface area contributed by atoms with E-state index in [9.17, 15) is 4.79 Å². The number of nitrogens with one attached hydrogen (secondary N) is 2. The minimum atomic E-state index is -0.255. The molecule has 0 aromatic carbocycles. The number of hydrogen-bond donors (Lipinski definition) is 2. The molecule has 0 saturated carbocycles. The number of nitrogens with zero attached hydrogens (tertiary/aromatic N) is 2. The van der Waals surface area contributed by atoms with Crippen molar-refractivity contribution in [2.24, 2.45) is 0 Å². The summed E-state index contributed by atoms with van der Waals surface area (Å²) < 4.78 is 4.94. The van der Waals surface area contributed by atoms with Crippen molar-refractivity contribution in [1.29, 1.82) is 0 Å². The molecule has 0 aliphatic heterocycles. The topological polar surface area (TPSA) is 80.0 Å². The van der Waals surface area contributed by atoms with Gasteiger partial charge in [0.1, 0.15) is 5.76 Å². The van der Waals surface area contributed by atoms with Crippen molar-refractivity contribution in [3.05, 3.63) is 47.5 Å². The Bertz CT molecular complexity index is 736. The van der Waals surface area contributed by atoms with Crippen LogP contribution in [0.2, 0.25) is 0 Å². The van der Waals surface area contributed by atoms with E-state index in [1.54, 1.807) is 25.3 Å². The van der Waals surface area contributed by atoms with Crippen LogP contribution in [0.15, 0.2) is 40.7 Å². The third-order valence-corrected chi connectivity index (χ3v) is 4.03. The van der Waals surface area contributed by atoms with E-state index in [4.69, 9.17) is 4.52 Å². The highest BCUT2D eigenvalue weighted by atomic mass is 16.5. The second-order valence-electron chi connectivity index (χ2n) is 6.02. The number of amides is 1. The van der Waals surface area contributed by atoms with Crippen molar-refractivity contribution < 1.29 is 9.32 Å². The first-order valence-electron chi connectivity index (χ1n) is 8.32. The summed E-state index contributed by atoms with van der Waals surface area (Å²) in [5.41, 5.74) is 2.85. The van der Waals surface area contributed by atoms with Gasteiger partial charge in [0.05, 0.1) is 11.3 Å². The number of pyridine rings is 1. The maximum Gasteiger partial charge on any atom is 0.258 e. The Balaban J connectivity index is 1.55. The summed E-state index contributed by atoms with van der Waals surface area (Å²) in [6.45, 7) is 2.62. The van der Waals surface area contributed by atoms with Crippen LogP contribution in [0.5, 0.6) is 0 Å². The third-order valence-electron chi connectivity index (χ3n) is 4.03. The molecule has 6 heteroatoms. The fourth-order valence-corrected chi connectivity index (χ4v) is 2.77. The van der Waals surface area contributed by atoms with E-state index in [-0.39, 0.29) is 5.91 Å². The lowest BCUT2D eigenvalue weighted by molar-refractivity contribution is 0.102. The molecule has 126 valence electrons. The Hall–Kier alpha value is -2.63. The van der Waals surface area contributed by atoms with Gasteiger partial charge in [-0.2, -0.15) is 0 Å². The summed E-state index contributed by atoms with van der Waals surface area (Å²) >= 11 is 0. The zero-order valence-electron chi connectivity index (χ0n) is 13.8. The lowest BCUT2D eigenvalue weighted by Gasteiger charge is -2.13. The summed E-state index contributed by atoms with van der Waals surface area (Å²) in [4.78, 5) is 16.4. The first-order valence-corrected chi connectivity index (χ1v) is 8.32. The van der Waals surface area contributed by atoms with Crippen molar-refractivity contribution in [2.75, 3.05) is 17.2 Å². The van der Waals surface area contributed by atoms with E-state index in [0.29, 0.717) is 17.1 Å². The van der Waals surface area contributed by atoms with Crippen LogP contribution in [0.25, 0.3) is 0 Å². The highest BCUT2D eigenvalue weighted by molar-refractivity contribution is 6.04. The molecular formula is C18H22N4O2. The third kappa shape index (κ3) is 4.44. The summed E-state index contributed by atoms with van der Waals surface area (Å²) in [5, 5.41) is 9.79. The largest absolute Gasteiger partial charge is 0.383 e. The van der Waals surface area contributed by atoms with E-state index < -0.39 is 0 Å². The summed E-state index contributed by atoms with van der Waals surface area (Å²) in [6.07, 6.45) is 11.7. The quantitative estimate of drug-likeness (QED) is 0.786. The number of aryl methyl sites for hydroxylation is 1. The van der Waals surface area contributed by atoms with Gasteiger partial charge in [-0.15, -0.1) is 0 Å². The summed E-state index contributed by atoms with van der Waals surface area (Å²) in [6, 6.07) is 3.47. The molecule has 0 spiro atoms. The maximum absolute atomic E-state index is 12.2. The zero-order valence-corrected chi connectivity index (χ0v) is 13.8. The zero-order chi connectivity index (χ0) is 16.8. The Labute approximate surface area is 141 Å². The number of allylic oxidation sites excluding steroid dienone is 1. The van der Waals surface area contributed by atoms with E-state index in [1.165, 1.54) is 37.5 Å². The molecule has 1 amide bonds. The number of anilines is 2. The SMILES string of the molecule is Cc1cc(NC(=O)c2cncc(NCCC3=CCCCC3)c2)no1. The number of aromatic nitrogens is 2. The molecule has 3 rings (SSSR count). The van der Waals surface area contributed by atoms with Crippen LogP contribution in [-0.4, -0.2) is 22.6 Å². The molecule has 2 heterocycles. The standard InChI is InChI=1S/C18H22N4O2/c1-13-9-17(22-24-13)21-18(23)15-10-16(12-19-11-15)20-8-7-14-5-3-2-4-6-14/h5,9-12,20H,2-4,6-8H2,1H3,(H,21,22,23). The molecule has 1 aliphatic rings. The van der Waals surface area contributed by atoms with Crippen LogP contribution >= 0.6 is 0 Å². The number of carbonyl (C=O) groups is 1. The Morgan fingerprint density at radius 1 is 1.29 bits per heavy atom. The fourth-order valence-electron chi connectivity index (χ4n) is 2.77. The lowest BCUT2D eigenvalue weighted by Crippen LogP contribution is -2.13. The van der Waals surface area contributed by atoms with Crippen molar-refractivity contribution in [3.63, 3.8) is 0 Å². The van der Waals surface area contributed by atoms with Crippen LogP contribution in [0, 0.1) is 6.92 Å². The minimum absolute atomic E-state index is 0.255. The number of rotatable bonds is 6. The van der Waals surface area contributed by atoms with E-state index in [2.05, 4.69) is 26.9 Å². The average molecular weight is 326 g/mol. The first kappa shape index (κ1) is 16.2. The monoisotopic (exact) mass is 326 g/mol. The van der Waals surface area contributed by atoms with Gasteiger partial charge in [0.15, 0.2) is 5.82 Å². The van der Waals surface area contributed by atoms with Gasteiger partial charge in [-0.05, 0) is 45.1 Å². The second-order valence-corrected chi connectivity index (χ2v) is 6.02. The first-order chi connectivity index (χ1) is 11.7. The van der Waals surface area contributed by atoms with Crippen LogP contribution in [0.4, 0.5) is 11.5 Å². The summed E-state index contributed by atoms with van der Waals surface area (Å²) in [7, 11) is 0. The molecule has 1 aliphatic carbocycles. The van der Waals surface area contributed by atoms with Crippen molar-refractivity contribution >= 4 is 17.4 Å². The van der Waals surface area contributed by atoms with Gasteiger partial charge in [0, 0.05) is 25.0 Å². The Morgan fingerprint density at radius 3 is 2.96 bits per heavy atom. The van der Waals surface area contributed by atoms with E-state index in [0.717, 1.165) is 18.7 Å². The van der Waals surface area contributed by atoms with Gasteiger partial charge in [0.25, 0.3) is 5.91 Å². The average Bonchev–Trinajstić information content (AvgIpc) is 3.01. The summed E-state index contributed by atoms with van der Waals surface area (Å²) in [5.74, 6) is 0.797. The molecule has 2 aromatic rings. The molecule has 0 fully saturated rings. The molecule has 6 nitrogen and oxygen atoms in total. The van der Waals surface area contributed by atoms with E-state index >= 15 is 0 Å². The highest BCUT2D eigenvalue weighted by Crippen LogP contribution is 2.20. The molecule has 2 aromatic heterocycles. The van der Waals surface area contributed by atoms with Crippen molar-refractivity contribution in [1.82, 2.24) is 10.1 Å². The molecule has 0 unspecified atom stereocenters. The lowest BCUT2D eigenvalue weighted by atomic mass is 9.97. The fraction of sp³-hybridized carbons (Fsp3) is 0.389. The van der Waals surface area contributed by atoms with Gasteiger partial charge < -0.3 is 15.2 Å². The van der Waals surface area contributed by atoms with Gasteiger partial charge in [-0.1, -0.05) is 16.8 Å². The van der Waals surface area contributed by atoms with Crippen LogP contribution in [0.1, 0.15) is 48.2 Å². The van der Waals surface area contributed by atoms with Crippen molar-refractivity contribution in [3.8, 4) is 0 Å². The van der Waals surface area contributed by atoms with Gasteiger partial charge in [-0.25, -0.2) is 0 Å². The van der Waals surface area contributed by atoms with Crippen LogP contribution in [-0.2, 0) is 0 Å². The minimum Gasteiger partial charge on any atom is -0.383 e. The Kier molecular flexibility index (Phi) is 5.25. The molecule has 0 bridgehead atoms. The molecule has 2 N–H and O–H groups in total. The Morgan fingerprint density at radius 2 is 2.21 bits per heavy atom. The predicted molar refractivity (Wildman–Crippen MR) is 93.1 cm³/mol. The molecule has 0 radical (unpaired) electrons. The van der Waals surface area contributed by atoms with Gasteiger partial charge >= 0.3 is 0 Å². The number of carbonyl (C=O) groups excluding carboxylic acids is 1. The van der Waals surface area contributed by atoms with Crippen LogP contribution < -0.4 is 10.6 Å². The van der Waals surface area contributed by atoms with E-state index in [1.807, 2.05) is 0 Å². The smallest absolute Gasteiger partial charge is 0.258 e. The van der Waals surface area contributed by atoms with Crippen LogP contribution in [0.3, 0.4) is 0 Å². The molecule has 0 saturated heterocycles. The predicted octanol–water partition coefficient (Wildman–Crippen LogP) is 3.93. The molecule has 24 heavy (non-hydrogen) atoms. The maximum atomic E-state index is 12.2. The van der Waals surface area contributed by atoms with Gasteiger partial charge in [0.2, 0.25) is 0 Å². The van der Waals surface area contributed by atoms with Crippen molar-refractivity contribution in [2.45, 2.75) is 39.0 Å². The molecular weight excluding hydrogens is 304 g/mol. The molecule has 0 atom stereocenters. The van der Waals surface area contributed by atoms with Gasteiger partial charge in [-0.3, -0.25) is 9.78 Å². The normalized spacial score (nSPS) is 14.1. The second kappa shape index (κ2) is 7.77. The number of hydrogen-bond acceptors (Lipinski definition) is 5.